The molecule has 2 atom stereocenters. The van der Waals surface area contributed by atoms with Gasteiger partial charge in [-0.25, -0.2) is 0 Å². The van der Waals surface area contributed by atoms with Crippen LogP contribution in [0.1, 0.15) is 31.7 Å². The Morgan fingerprint density at radius 3 is 3.06 bits per heavy atom. The van der Waals surface area contributed by atoms with Crippen molar-refractivity contribution in [3.63, 3.8) is 0 Å². The Morgan fingerprint density at radius 2 is 2.44 bits per heavy atom. The molecule has 1 aliphatic rings. The molecule has 0 saturated carbocycles. The lowest BCUT2D eigenvalue weighted by molar-refractivity contribution is 0.571. The zero-order valence-corrected chi connectivity index (χ0v) is 12.1. The molecule has 98 valence electrons. The Kier molecular flexibility index (Phi) is 4.45. The molecular weight excluding hydrogens is 264 g/mol. The van der Waals surface area contributed by atoms with Crippen LogP contribution >= 0.6 is 12.2 Å². The van der Waals surface area contributed by atoms with E-state index in [1.165, 1.54) is 0 Å². The standard InChI is InChI=1S/C13H18N2OS2/c1-2-15-12(17)13(7-3-4-9-18(13)16)11-6-5-8-14-10-11/h5-6,8,10H,2-4,7,9H2,1H3,(H,15,17)/t13-,18-/m1/s1. The molecular formula is C13H18N2OS2. The number of aromatic nitrogens is 1. The second-order valence-corrected chi connectivity index (χ2v) is 6.64. The van der Waals surface area contributed by atoms with E-state index in [1.54, 1.807) is 12.4 Å². The first-order valence-electron chi connectivity index (χ1n) is 6.29. The smallest absolute Gasteiger partial charge is 0.122 e. The quantitative estimate of drug-likeness (QED) is 0.863. The third-order valence-electron chi connectivity index (χ3n) is 3.33. The summed E-state index contributed by atoms with van der Waals surface area (Å²) in [5.41, 5.74) is 0.981. The number of hydrogen-bond donors (Lipinski definition) is 1. The highest BCUT2D eigenvalue weighted by Gasteiger charge is 2.44. The molecule has 0 aliphatic carbocycles. The molecule has 1 fully saturated rings. The first kappa shape index (κ1) is 13.6. The molecule has 1 N–H and O–H groups in total. The molecule has 3 nitrogen and oxygen atoms in total. The van der Waals surface area contributed by atoms with Gasteiger partial charge in [-0.05, 0) is 31.4 Å². The maximum atomic E-state index is 12.6. The van der Waals surface area contributed by atoms with Crippen LogP contribution in [0.15, 0.2) is 24.5 Å². The third-order valence-corrected chi connectivity index (χ3v) is 6.03. The van der Waals surface area contributed by atoms with Crippen LogP contribution in [-0.4, -0.2) is 26.5 Å². The molecule has 1 aliphatic heterocycles. The summed E-state index contributed by atoms with van der Waals surface area (Å²) >= 11 is 5.51. The highest BCUT2D eigenvalue weighted by molar-refractivity contribution is 7.90. The number of thiocarbonyl (C=S) groups is 1. The van der Waals surface area contributed by atoms with Gasteiger partial charge in [-0.1, -0.05) is 24.7 Å². The van der Waals surface area contributed by atoms with Crippen LogP contribution in [0.4, 0.5) is 0 Å². The predicted molar refractivity (Wildman–Crippen MR) is 79.1 cm³/mol. The summed E-state index contributed by atoms with van der Waals surface area (Å²) in [7, 11) is -0.963. The SMILES string of the molecule is CCNC(=S)[C@]1(c2cccnc2)CCCC[S@]1=O. The summed E-state index contributed by atoms with van der Waals surface area (Å²) in [5.74, 6) is 0.723. The van der Waals surface area contributed by atoms with Crippen molar-refractivity contribution in [2.45, 2.75) is 30.9 Å². The van der Waals surface area contributed by atoms with E-state index in [1.807, 2.05) is 19.1 Å². The third kappa shape index (κ3) is 2.34. The molecule has 0 amide bonds. The maximum Gasteiger partial charge on any atom is 0.122 e. The molecule has 0 radical (unpaired) electrons. The van der Waals surface area contributed by atoms with Gasteiger partial charge in [0.05, 0.1) is 4.99 Å². The van der Waals surface area contributed by atoms with Gasteiger partial charge in [0.1, 0.15) is 4.75 Å². The highest BCUT2D eigenvalue weighted by atomic mass is 32.2. The van der Waals surface area contributed by atoms with Crippen LogP contribution in [0.2, 0.25) is 0 Å². The van der Waals surface area contributed by atoms with Crippen molar-refractivity contribution in [3.05, 3.63) is 30.1 Å². The van der Waals surface area contributed by atoms with Crippen LogP contribution in [0.3, 0.4) is 0 Å². The average Bonchev–Trinajstić information content (AvgIpc) is 2.41. The van der Waals surface area contributed by atoms with Gasteiger partial charge in [-0.3, -0.25) is 9.19 Å². The minimum absolute atomic E-state index is 0.530. The summed E-state index contributed by atoms with van der Waals surface area (Å²) < 4.78 is 12.1. The number of nitrogens with zero attached hydrogens (tertiary/aromatic N) is 1. The molecule has 1 saturated heterocycles. The van der Waals surface area contributed by atoms with Gasteiger partial charge in [-0.2, -0.15) is 0 Å². The van der Waals surface area contributed by atoms with Gasteiger partial charge in [0.25, 0.3) is 0 Å². The molecule has 0 spiro atoms. The van der Waals surface area contributed by atoms with E-state index in [9.17, 15) is 4.21 Å². The fourth-order valence-corrected chi connectivity index (χ4v) is 4.92. The molecule has 0 unspecified atom stereocenters. The van der Waals surface area contributed by atoms with Gasteiger partial charge in [0.15, 0.2) is 0 Å². The normalized spacial score (nSPS) is 27.7. The topological polar surface area (TPSA) is 42.0 Å². The number of rotatable bonds is 3. The van der Waals surface area contributed by atoms with E-state index in [-0.39, 0.29) is 0 Å². The van der Waals surface area contributed by atoms with Crippen LogP contribution < -0.4 is 5.32 Å². The van der Waals surface area contributed by atoms with Crippen LogP contribution in [0, 0.1) is 0 Å². The van der Waals surface area contributed by atoms with E-state index >= 15 is 0 Å². The van der Waals surface area contributed by atoms with Crippen LogP contribution in [0.5, 0.6) is 0 Å². The number of likely N-dealkylation sites (N-methyl/N-ethyl adjacent to an activating group) is 1. The largest absolute Gasteiger partial charge is 0.378 e. The van der Waals surface area contributed by atoms with Gasteiger partial charge < -0.3 is 5.32 Å². The molecule has 1 aromatic heterocycles. The summed E-state index contributed by atoms with van der Waals surface area (Å²) in [6.45, 7) is 2.77. The molecule has 2 heterocycles. The van der Waals surface area contributed by atoms with Gasteiger partial charge in [0, 0.05) is 35.5 Å². The zero-order valence-electron chi connectivity index (χ0n) is 10.5. The Morgan fingerprint density at radius 1 is 1.61 bits per heavy atom. The van der Waals surface area contributed by atoms with Crippen molar-refractivity contribution < 1.29 is 4.21 Å². The van der Waals surface area contributed by atoms with Crippen molar-refractivity contribution >= 4 is 28.0 Å². The lowest BCUT2D eigenvalue weighted by Gasteiger charge is -2.37. The summed E-state index contributed by atoms with van der Waals surface area (Å²) in [5, 5.41) is 3.20. The minimum Gasteiger partial charge on any atom is -0.378 e. The van der Waals surface area contributed by atoms with Crippen molar-refractivity contribution in [1.29, 1.82) is 0 Å². The summed E-state index contributed by atoms with van der Waals surface area (Å²) in [6.07, 6.45) is 6.46. The maximum absolute atomic E-state index is 12.6. The first-order valence-corrected chi connectivity index (χ1v) is 8.02. The average molecular weight is 282 g/mol. The molecule has 0 bridgehead atoms. The Hall–Kier alpha value is -0.810. The van der Waals surface area contributed by atoms with Gasteiger partial charge >= 0.3 is 0 Å². The monoisotopic (exact) mass is 282 g/mol. The predicted octanol–water partition coefficient (Wildman–Crippen LogP) is 2.15. The van der Waals surface area contributed by atoms with Crippen molar-refractivity contribution in [3.8, 4) is 0 Å². The second kappa shape index (κ2) is 5.89. The summed E-state index contributed by atoms with van der Waals surface area (Å²) in [4.78, 5) is 4.86. The summed E-state index contributed by atoms with van der Waals surface area (Å²) in [6, 6.07) is 3.87. The first-order chi connectivity index (χ1) is 8.71. The Balaban J connectivity index is 2.45. The van der Waals surface area contributed by atoms with Crippen LogP contribution in [0.25, 0.3) is 0 Å². The fraction of sp³-hybridized carbons (Fsp3) is 0.538. The lowest BCUT2D eigenvalue weighted by Crippen LogP contribution is -2.48. The number of nitrogens with one attached hydrogen (secondary N) is 1. The number of pyridine rings is 1. The lowest BCUT2D eigenvalue weighted by atomic mass is 9.93. The van der Waals surface area contributed by atoms with E-state index < -0.39 is 15.5 Å². The minimum atomic E-state index is -0.963. The fourth-order valence-electron chi connectivity index (χ4n) is 2.42. The number of hydrogen-bond acceptors (Lipinski definition) is 3. The van der Waals surface area contributed by atoms with E-state index in [0.29, 0.717) is 4.99 Å². The van der Waals surface area contributed by atoms with Crippen molar-refractivity contribution in [1.82, 2.24) is 10.3 Å². The van der Waals surface area contributed by atoms with E-state index in [4.69, 9.17) is 12.2 Å². The van der Waals surface area contributed by atoms with Crippen LogP contribution in [-0.2, 0) is 15.5 Å². The zero-order chi connectivity index (χ0) is 13.0. The van der Waals surface area contributed by atoms with Gasteiger partial charge in [0.2, 0.25) is 0 Å². The van der Waals surface area contributed by atoms with E-state index in [2.05, 4.69) is 10.3 Å². The Bertz CT molecular complexity index is 450. The molecule has 1 aromatic rings. The molecule has 18 heavy (non-hydrogen) atoms. The molecule has 0 aromatic carbocycles. The second-order valence-electron chi connectivity index (χ2n) is 4.43. The highest BCUT2D eigenvalue weighted by Crippen LogP contribution is 2.38. The molecule has 2 rings (SSSR count). The molecule has 5 heteroatoms. The van der Waals surface area contributed by atoms with Gasteiger partial charge in [-0.15, -0.1) is 0 Å². The Labute approximate surface area is 116 Å². The van der Waals surface area contributed by atoms with Crippen molar-refractivity contribution in [2.75, 3.05) is 12.3 Å². The van der Waals surface area contributed by atoms with E-state index in [0.717, 1.165) is 37.1 Å². The van der Waals surface area contributed by atoms with Crippen molar-refractivity contribution in [2.24, 2.45) is 0 Å².